The van der Waals surface area contributed by atoms with Crippen LogP contribution in [0.5, 0.6) is 0 Å². The molecule has 0 aromatic heterocycles. The van der Waals surface area contributed by atoms with Gasteiger partial charge in [-0.05, 0) is 92.3 Å². The fourth-order valence-corrected chi connectivity index (χ4v) is 8.45. The molecule has 27 heavy (non-hydrogen) atoms. The first-order valence-corrected chi connectivity index (χ1v) is 12.8. The van der Waals surface area contributed by atoms with Crippen LogP contribution in [0.15, 0.2) is 11.6 Å². The number of unbranched alkanes of at least 4 members (excludes halogenated alkanes) is 5. The molecule has 0 radical (unpaired) electrons. The average Bonchev–Trinajstić information content (AvgIpc) is 3.00. The molecule has 0 aromatic carbocycles. The molecule has 0 amide bonds. The van der Waals surface area contributed by atoms with Crippen molar-refractivity contribution in [1.82, 2.24) is 0 Å². The van der Waals surface area contributed by atoms with Gasteiger partial charge in [-0.2, -0.15) is 0 Å². The van der Waals surface area contributed by atoms with E-state index in [0.29, 0.717) is 10.8 Å². The van der Waals surface area contributed by atoms with Gasteiger partial charge in [0.15, 0.2) is 0 Å². The zero-order valence-corrected chi connectivity index (χ0v) is 18.7. The van der Waals surface area contributed by atoms with Crippen LogP contribution in [-0.2, 0) is 0 Å². The highest BCUT2D eigenvalue weighted by atomic mass is 14.6. The van der Waals surface area contributed by atoms with Crippen LogP contribution in [0.25, 0.3) is 0 Å². The number of fused-ring (bicyclic) bond motifs is 5. The van der Waals surface area contributed by atoms with Gasteiger partial charge in [0.25, 0.3) is 0 Å². The Morgan fingerprint density at radius 1 is 0.889 bits per heavy atom. The van der Waals surface area contributed by atoms with Crippen LogP contribution in [0.3, 0.4) is 0 Å². The Kier molecular flexibility index (Phi) is 6.11. The fourth-order valence-electron chi connectivity index (χ4n) is 8.45. The largest absolute Gasteiger partial charge is 0.0845 e. The van der Waals surface area contributed by atoms with Gasteiger partial charge in [0.2, 0.25) is 0 Å². The maximum Gasteiger partial charge on any atom is -0.00853 e. The Bertz CT molecular complexity index is 530. The molecule has 4 rings (SSSR count). The van der Waals surface area contributed by atoms with Gasteiger partial charge in [0, 0.05) is 0 Å². The standard InChI is InChI=1S/C27H46/c1-4-5-6-7-8-9-12-22-15-17-24-23-16-14-21-13-10-11-19-26(21,2)25(23)18-20-27(22,24)3/h14,22-25H,4-13,15-20H2,1-3H3/t22-,23-,24-,25-,26-,27+/m0/s1. The van der Waals surface area contributed by atoms with E-state index in [9.17, 15) is 0 Å². The zero-order valence-electron chi connectivity index (χ0n) is 18.7. The summed E-state index contributed by atoms with van der Waals surface area (Å²) in [5.74, 6) is 4.12. The molecule has 3 saturated carbocycles. The summed E-state index contributed by atoms with van der Waals surface area (Å²) in [4.78, 5) is 0. The van der Waals surface area contributed by atoms with E-state index in [-0.39, 0.29) is 0 Å². The number of allylic oxidation sites excluding steroid dienone is 2. The molecule has 0 heteroatoms. The van der Waals surface area contributed by atoms with E-state index in [0.717, 1.165) is 23.7 Å². The minimum absolute atomic E-state index is 0.583. The molecule has 0 aliphatic heterocycles. The van der Waals surface area contributed by atoms with Gasteiger partial charge in [0.05, 0.1) is 0 Å². The second-order valence-electron chi connectivity index (χ2n) is 11.3. The van der Waals surface area contributed by atoms with Crippen molar-refractivity contribution in [3.63, 3.8) is 0 Å². The summed E-state index contributed by atoms with van der Waals surface area (Å²) in [7, 11) is 0. The van der Waals surface area contributed by atoms with E-state index in [1.165, 1.54) is 77.0 Å². The van der Waals surface area contributed by atoms with Crippen molar-refractivity contribution < 1.29 is 0 Å². The maximum atomic E-state index is 2.74. The summed E-state index contributed by atoms with van der Waals surface area (Å²) < 4.78 is 0. The fraction of sp³-hybridized carbons (Fsp3) is 0.926. The summed E-state index contributed by atoms with van der Waals surface area (Å²) in [6, 6.07) is 0. The lowest BCUT2D eigenvalue weighted by atomic mass is 9.47. The summed E-state index contributed by atoms with van der Waals surface area (Å²) in [5, 5.41) is 0. The normalized spacial score (nSPS) is 43.6. The van der Waals surface area contributed by atoms with E-state index in [1.807, 2.05) is 5.57 Å². The average molecular weight is 371 g/mol. The van der Waals surface area contributed by atoms with E-state index in [1.54, 1.807) is 25.7 Å². The summed E-state index contributed by atoms with van der Waals surface area (Å²) in [6.45, 7) is 7.72. The molecule has 0 bridgehead atoms. The summed E-state index contributed by atoms with van der Waals surface area (Å²) >= 11 is 0. The lowest BCUT2D eigenvalue weighted by molar-refractivity contribution is -0.0425. The predicted octanol–water partition coefficient (Wildman–Crippen LogP) is 8.71. The third-order valence-electron chi connectivity index (χ3n) is 10.1. The molecule has 3 fully saturated rings. The van der Waals surface area contributed by atoms with Crippen molar-refractivity contribution >= 4 is 0 Å². The Labute approximate surface area is 170 Å². The molecular formula is C27H46. The first kappa shape index (κ1) is 20.0. The van der Waals surface area contributed by atoms with E-state index >= 15 is 0 Å². The first-order chi connectivity index (χ1) is 13.1. The molecule has 154 valence electrons. The molecule has 6 atom stereocenters. The van der Waals surface area contributed by atoms with Crippen molar-refractivity contribution in [3.8, 4) is 0 Å². The van der Waals surface area contributed by atoms with Gasteiger partial charge < -0.3 is 0 Å². The lowest BCUT2D eigenvalue weighted by Crippen LogP contribution is -2.49. The van der Waals surface area contributed by atoms with Gasteiger partial charge >= 0.3 is 0 Å². The molecular weight excluding hydrogens is 324 g/mol. The first-order valence-electron chi connectivity index (χ1n) is 12.8. The molecule has 0 saturated heterocycles. The monoisotopic (exact) mass is 370 g/mol. The number of rotatable bonds is 7. The van der Waals surface area contributed by atoms with Crippen LogP contribution in [0, 0.1) is 34.5 Å². The highest BCUT2D eigenvalue weighted by Gasteiger charge is 2.57. The van der Waals surface area contributed by atoms with Crippen molar-refractivity contribution in [2.75, 3.05) is 0 Å². The Balaban J connectivity index is 1.39. The van der Waals surface area contributed by atoms with E-state index in [4.69, 9.17) is 0 Å². The molecule has 0 spiro atoms. The van der Waals surface area contributed by atoms with Crippen LogP contribution in [0.2, 0.25) is 0 Å². The quantitative estimate of drug-likeness (QED) is 0.310. The minimum atomic E-state index is 0.583. The van der Waals surface area contributed by atoms with Gasteiger partial charge in [-0.15, -0.1) is 0 Å². The second-order valence-corrected chi connectivity index (χ2v) is 11.3. The van der Waals surface area contributed by atoms with Crippen LogP contribution in [0.1, 0.15) is 124 Å². The minimum Gasteiger partial charge on any atom is -0.0845 e. The number of hydrogen-bond donors (Lipinski definition) is 0. The summed E-state index contributed by atoms with van der Waals surface area (Å²) in [6.07, 6.45) is 26.5. The van der Waals surface area contributed by atoms with Gasteiger partial charge in [-0.1, -0.05) is 77.4 Å². The Morgan fingerprint density at radius 2 is 1.70 bits per heavy atom. The van der Waals surface area contributed by atoms with Crippen molar-refractivity contribution in [1.29, 1.82) is 0 Å². The molecule has 0 N–H and O–H groups in total. The molecule has 4 aliphatic rings. The van der Waals surface area contributed by atoms with Gasteiger partial charge in [0.1, 0.15) is 0 Å². The highest BCUT2D eigenvalue weighted by molar-refractivity contribution is 5.24. The lowest BCUT2D eigenvalue weighted by Gasteiger charge is -2.57. The van der Waals surface area contributed by atoms with Crippen LogP contribution in [-0.4, -0.2) is 0 Å². The maximum absolute atomic E-state index is 2.74. The zero-order chi connectivity index (χ0) is 18.9. The van der Waals surface area contributed by atoms with Gasteiger partial charge in [-0.25, -0.2) is 0 Å². The SMILES string of the molecule is CCCCCCCC[C@H]1CC[C@H]2[C@@H]3CC=C4CCCC[C@]4(C)[C@H]3CC[C@]12C. The molecule has 4 aliphatic carbocycles. The molecule has 0 aromatic rings. The van der Waals surface area contributed by atoms with Crippen LogP contribution < -0.4 is 0 Å². The van der Waals surface area contributed by atoms with Crippen LogP contribution in [0.4, 0.5) is 0 Å². The van der Waals surface area contributed by atoms with Crippen molar-refractivity contribution in [2.24, 2.45) is 34.5 Å². The molecule has 0 heterocycles. The molecule has 0 nitrogen and oxygen atoms in total. The van der Waals surface area contributed by atoms with Crippen molar-refractivity contribution in [3.05, 3.63) is 11.6 Å². The topological polar surface area (TPSA) is 0 Å². The van der Waals surface area contributed by atoms with Gasteiger partial charge in [-0.3, -0.25) is 0 Å². The Hall–Kier alpha value is -0.260. The third kappa shape index (κ3) is 3.57. The van der Waals surface area contributed by atoms with E-state index in [2.05, 4.69) is 26.8 Å². The van der Waals surface area contributed by atoms with E-state index < -0.39 is 0 Å². The summed E-state index contributed by atoms with van der Waals surface area (Å²) in [5.41, 5.74) is 3.14. The third-order valence-corrected chi connectivity index (χ3v) is 10.1. The number of hydrogen-bond acceptors (Lipinski definition) is 0. The Morgan fingerprint density at radius 3 is 2.56 bits per heavy atom. The predicted molar refractivity (Wildman–Crippen MR) is 118 cm³/mol. The smallest absolute Gasteiger partial charge is 0.00853 e. The van der Waals surface area contributed by atoms with Crippen molar-refractivity contribution in [2.45, 2.75) is 124 Å². The second kappa shape index (κ2) is 8.23. The van der Waals surface area contributed by atoms with Crippen LogP contribution >= 0.6 is 0 Å². The highest BCUT2D eigenvalue weighted by Crippen LogP contribution is 2.66. The molecule has 0 unspecified atom stereocenters.